The molecule has 0 aliphatic rings. The predicted molar refractivity (Wildman–Crippen MR) is 87.5 cm³/mol. The molecule has 0 radical (unpaired) electrons. The highest BCUT2D eigenvalue weighted by molar-refractivity contribution is 5.99. The summed E-state index contributed by atoms with van der Waals surface area (Å²) in [6.45, 7) is 5.69. The fourth-order valence-corrected chi connectivity index (χ4v) is 2.03. The number of hydrogen-bond donors (Lipinski definition) is 3. The monoisotopic (exact) mass is 320 g/mol. The molecule has 0 aliphatic carbocycles. The highest BCUT2D eigenvalue weighted by Gasteiger charge is 2.20. The predicted octanol–water partition coefficient (Wildman–Crippen LogP) is 2.20. The molecule has 1 atom stereocenters. The van der Waals surface area contributed by atoms with Crippen LogP contribution in [0, 0.1) is 0 Å². The number of carboxylic acids is 1. The summed E-state index contributed by atoms with van der Waals surface area (Å²) in [6, 6.07) is 5.27. The van der Waals surface area contributed by atoms with E-state index in [-0.39, 0.29) is 11.9 Å². The molecule has 1 aromatic carbocycles. The van der Waals surface area contributed by atoms with Gasteiger partial charge in [0.2, 0.25) is 0 Å². The first-order valence-electron chi connectivity index (χ1n) is 7.79. The molecule has 0 saturated carbocycles. The molecule has 0 spiro atoms. The molecule has 6 nitrogen and oxygen atoms in total. The second-order valence-corrected chi connectivity index (χ2v) is 5.71. The van der Waals surface area contributed by atoms with Crippen molar-refractivity contribution >= 4 is 17.8 Å². The van der Waals surface area contributed by atoms with Gasteiger partial charge in [-0.05, 0) is 44.5 Å². The number of carboxylic acid groups (broad SMARTS) is 1. The van der Waals surface area contributed by atoms with Gasteiger partial charge in [-0.15, -0.1) is 0 Å². The second-order valence-electron chi connectivity index (χ2n) is 5.71. The van der Waals surface area contributed by atoms with Crippen LogP contribution in [0.3, 0.4) is 0 Å². The van der Waals surface area contributed by atoms with Crippen LogP contribution >= 0.6 is 0 Å². The van der Waals surface area contributed by atoms with E-state index in [0.29, 0.717) is 17.5 Å². The highest BCUT2D eigenvalue weighted by atomic mass is 16.4. The Balaban J connectivity index is 2.73. The zero-order valence-corrected chi connectivity index (χ0v) is 13.8. The van der Waals surface area contributed by atoms with Crippen molar-refractivity contribution in [1.82, 2.24) is 10.6 Å². The van der Waals surface area contributed by atoms with E-state index in [1.54, 1.807) is 12.1 Å². The Morgan fingerprint density at radius 3 is 1.87 bits per heavy atom. The van der Waals surface area contributed by atoms with Gasteiger partial charge in [0.1, 0.15) is 6.04 Å². The SMILES string of the molecule is CCCC[C@H](NC(=O)c1ccc(C(=O)NC(C)C)cc1)C(=O)O. The van der Waals surface area contributed by atoms with Crippen molar-refractivity contribution in [2.45, 2.75) is 52.1 Å². The standard InChI is InChI=1S/C17H24N2O4/c1-4-5-6-14(17(22)23)19-16(21)13-9-7-12(8-10-13)15(20)18-11(2)3/h7-11,14H,4-6H2,1-3H3,(H,18,20)(H,19,21)(H,22,23)/t14-/m0/s1. The van der Waals surface area contributed by atoms with Gasteiger partial charge >= 0.3 is 5.97 Å². The van der Waals surface area contributed by atoms with Crippen LogP contribution in [0.2, 0.25) is 0 Å². The average molecular weight is 320 g/mol. The molecule has 0 bridgehead atoms. The van der Waals surface area contributed by atoms with E-state index in [2.05, 4.69) is 10.6 Å². The molecule has 0 aliphatic heterocycles. The Hall–Kier alpha value is -2.37. The van der Waals surface area contributed by atoms with Crippen LogP contribution in [-0.4, -0.2) is 35.0 Å². The minimum absolute atomic E-state index is 0.0281. The first-order valence-corrected chi connectivity index (χ1v) is 7.79. The van der Waals surface area contributed by atoms with Gasteiger partial charge < -0.3 is 15.7 Å². The van der Waals surface area contributed by atoms with Gasteiger partial charge in [0.25, 0.3) is 11.8 Å². The summed E-state index contributed by atoms with van der Waals surface area (Å²) < 4.78 is 0. The summed E-state index contributed by atoms with van der Waals surface area (Å²) in [5.74, 6) is -1.71. The van der Waals surface area contributed by atoms with Gasteiger partial charge in [-0.1, -0.05) is 19.8 Å². The molecule has 1 aromatic rings. The van der Waals surface area contributed by atoms with E-state index >= 15 is 0 Å². The number of amides is 2. The number of aliphatic carboxylic acids is 1. The lowest BCUT2D eigenvalue weighted by Gasteiger charge is -2.14. The number of rotatable bonds is 8. The molecule has 3 N–H and O–H groups in total. The number of nitrogens with one attached hydrogen (secondary N) is 2. The number of carbonyl (C=O) groups excluding carboxylic acids is 2. The van der Waals surface area contributed by atoms with E-state index in [9.17, 15) is 14.4 Å². The Labute approximate surface area is 136 Å². The first-order chi connectivity index (χ1) is 10.8. The van der Waals surface area contributed by atoms with Crippen LogP contribution in [0.25, 0.3) is 0 Å². The summed E-state index contributed by atoms with van der Waals surface area (Å²) >= 11 is 0. The third-order valence-electron chi connectivity index (χ3n) is 3.28. The zero-order chi connectivity index (χ0) is 17.4. The summed E-state index contributed by atoms with van der Waals surface area (Å²) in [4.78, 5) is 35.1. The Morgan fingerprint density at radius 2 is 1.48 bits per heavy atom. The molecule has 2 amide bonds. The van der Waals surface area contributed by atoms with E-state index < -0.39 is 17.9 Å². The van der Waals surface area contributed by atoms with Crippen LogP contribution in [-0.2, 0) is 4.79 Å². The quantitative estimate of drug-likeness (QED) is 0.684. The topological polar surface area (TPSA) is 95.5 Å². The van der Waals surface area contributed by atoms with Crippen LogP contribution in [0.15, 0.2) is 24.3 Å². The Bertz CT molecular complexity index is 552. The van der Waals surface area contributed by atoms with Crippen LogP contribution in [0.1, 0.15) is 60.7 Å². The summed E-state index contributed by atoms with van der Waals surface area (Å²) in [7, 11) is 0. The molecular formula is C17H24N2O4. The second kappa shape index (κ2) is 8.92. The van der Waals surface area contributed by atoms with Crippen LogP contribution < -0.4 is 10.6 Å². The Morgan fingerprint density at radius 1 is 1.00 bits per heavy atom. The highest BCUT2D eigenvalue weighted by Crippen LogP contribution is 2.07. The molecule has 6 heteroatoms. The van der Waals surface area contributed by atoms with E-state index in [1.807, 2.05) is 20.8 Å². The maximum Gasteiger partial charge on any atom is 0.326 e. The zero-order valence-electron chi connectivity index (χ0n) is 13.8. The van der Waals surface area contributed by atoms with Gasteiger partial charge in [0, 0.05) is 17.2 Å². The lowest BCUT2D eigenvalue weighted by atomic mass is 10.1. The third kappa shape index (κ3) is 6.10. The largest absolute Gasteiger partial charge is 0.480 e. The van der Waals surface area contributed by atoms with Crippen molar-refractivity contribution in [3.63, 3.8) is 0 Å². The molecule has 0 saturated heterocycles. The van der Waals surface area contributed by atoms with Gasteiger partial charge in [-0.25, -0.2) is 4.79 Å². The lowest BCUT2D eigenvalue weighted by molar-refractivity contribution is -0.139. The molecule has 0 unspecified atom stereocenters. The first kappa shape index (κ1) is 18.7. The van der Waals surface area contributed by atoms with E-state index in [4.69, 9.17) is 5.11 Å². The minimum Gasteiger partial charge on any atom is -0.480 e. The summed E-state index contributed by atoms with van der Waals surface area (Å²) in [5.41, 5.74) is 0.782. The molecule has 0 fully saturated rings. The van der Waals surface area contributed by atoms with Crippen LogP contribution in [0.4, 0.5) is 0 Å². The number of unbranched alkanes of at least 4 members (excludes halogenated alkanes) is 1. The maximum absolute atomic E-state index is 12.1. The smallest absolute Gasteiger partial charge is 0.326 e. The normalized spacial score (nSPS) is 11.8. The number of hydrogen-bond acceptors (Lipinski definition) is 3. The van der Waals surface area contributed by atoms with Crippen molar-refractivity contribution in [3.8, 4) is 0 Å². The van der Waals surface area contributed by atoms with Gasteiger partial charge in [0.15, 0.2) is 0 Å². The summed E-state index contributed by atoms with van der Waals surface area (Å²) in [5, 5.41) is 14.4. The van der Waals surface area contributed by atoms with Crippen LogP contribution in [0.5, 0.6) is 0 Å². The van der Waals surface area contributed by atoms with E-state index in [1.165, 1.54) is 12.1 Å². The lowest BCUT2D eigenvalue weighted by Crippen LogP contribution is -2.40. The molecule has 23 heavy (non-hydrogen) atoms. The molecule has 126 valence electrons. The van der Waals surface area contributed by atoms with Gasteiger partial charge in [-0.2, -0.15) is 0 Å². The van der Waals surface area contributed by atoms with Crippen molar-refractivity contribution in [2.75, 3.05) is 0 Å². The Kier molecular flexibility index (Phi) is 7.25. The number of carbonyl (C=O) groups is 3. The fourth-order valence-electron chi connectivity index (χ4n) is 2.03. The minimum atomic E-state index is -1.04. The molecule has 1 rings (SSSR count). The van der Waals surface area contributed by atoms with Crippen molar-refractivity contribution in [2.24, 2.45) is 0 Å². The van der Waals surface area contributed by atoms with Gasteiger partial charge in [0.05, 0.1) is 0 Å². The van der Waals surface area contributed by atoms with E-state index in [0.717, 1.165) is 12.8 Å². The van der Waals surface area contributed by atoms with Crippen molar-refractivity contribution in [3.05, 3.63) is 35.4 Å². The third-order valence-corrected chi connectivity index (χ3v) is 3.28. The summed E-state index contributed by atoms with van der Waals surface area (Å²) in [6.07, 6.45) is 1.98. The van der Waals surface area contributed by atoms with Crippen molar-refractivity contribution in [1.29, 1.82) is 0 Å². The fraction of sp³-hybridized carbons (Fsp3) is 0.471. The maximum atomic E-state index is 12.1. The molecule has 0 heterocycles. The van der Waals surface area contributed by atoms with Gasteiger partial charge in [-0.3, -0.25) is 9.59 Å². The molecule has 0 aromatic heterocycles. The number of benzene rings is 1. The molecular weight excluding hydrogens is 296 g/mol. The average Bonchev–Trinajstić information content (AvgIpc) is 2.50. The van der Waals surface area contributed by atoms with Crippen molar-refractivity contribution < 1.29 is 19.5 Å².